The second kappa shape index (κ2) is 14.6. The van der Waals surface area contributed by atoms with Gasteiger partial charge >= 0.3 is 0 Å². The number of rotatable bonds is 10. The molecule has 1 saturated heterocycles. The van der Waals surface area contributed by atoms with E-state index in [-0.39, 0.29) is 23.8 Å². The Balaban J connectivity index is 1.31. The summed E-state index contributed by atoms with van der Waals surface area (Å²) in [4.78, 5) is 33.1. The molecule has 0 radical (unpaired) electrons. The molecule has 2 heterocycles. The van der Waals surface area contributed by atoms with Crippen LogP contribution in [0, 0.1) is 0 Å². The number of carbonyl (C=O) groups is 2. The number of benzene rings is 3. The number of nitrogens with zero attached hydrogens (tertiary/aromatic N) is 2. The predicted molar refractivity (Wildman–Crippen MR) is 168 cm³/mol. The Kier molecular flexibility index (Phi) is 10.1. The van der Waals surface area contributed by atoms with Crippen LogP contribution < -0.4 is 10.6 Å². The van der Waals surface area contributed by atoms with E-state index < -0.39 is 6.04 Å². The van der Waals surface area contributed by atoms with Crippen molar-refractivity contribution in [3.8, 4) is 0 Å². The highest BCUT2D eigenvalue weighted by atomic mass is 35.5. The summed E-state index contributed by atoms with van der Waals surface area (Å²) in [6.45, 7) is 1.56. The van der Waals surface area contributed by atoms with E-state index in [0.29, 0.717) is 37.5 Å². The molecule has 2 amide bonds. The van der Waals surface area contributed by atoms with Gasteiger partial charge in [-0.3, -0.25) is 14.6 Å². The summed E-state index contributed by atoms with van der Waals surface area (Å²) in [5.74, 6) is -0.0937. The van der Waals surface area contributed by atoms with Crippen molar-refractivity contribution < 1.29 is 9.59 Å². The van der Waals surface area contributed by atoms with E-state index in [9.17, 15) is 9.59 Å². The van der Waals surface area contributed by atoms with E-state index in [1.807, 2.05) is 71.6 Å². The van der Waals surface area contributed by atoms with Gasteiger partial charge in [0.25, 0.3) is 0 Å². The lowest BCUT2D eigenvalue weighted by atomic mass is 9.90. The minimum Gasteiger partial charge on any atom is -0.351 e. The van der Waals surface area contributed by atoms with Crippen molar-refractivity contribution in [2.45, 2.75) is 30.8 Å². The summed E-state index contributed by atoms with van der Waals surface area (Å²) in [6, 6.07) is 33.2. The standard InChI is InChI=1S/C35H35ClN4O2/c36-29-17-14-26(15-18-29)16-19-34(41)38-24-31-20-22-40(35(42)33(39-31)23-30-13-7-8-21-37-30)25-32(27-9-3-1-4-10-27)28-11-5-2-6-12-28/h1-19,21,31-33,39H,20,22-25H2,(H,38,41)/b19-16+/t31-,33-/m0/s1. The molecule has 7 heteroatoms. The van der Waals surface area contributed by atoms with Gasteiger partial charge in [0.2, 0.25) is 11.8 Å². The van der Waals surface area contributed by atoms with Gasteiger partial charge in [-0.05, 0) is 53.5 Å². The molecule has 0 bridgehead atoms. The highest BCUT2D eigenvalue weighted by molar-refractivity contribution is 6.30. The van der Waals surface area contributed by atoms with Crippen molar-refractivity contribution in [1.29, 1.82) is 0 Å². The lowest BCUT2D eigenvalue weighted by molar-refractivity contribution is -0.132. The molecule has 1 aromatic heterocycles. The van der Waals surface area contributed by atoms with Crippen LogP contribution in [0.1, 0.15) is 34.7 Å². The van der Waals surface area contributed by atoms with Gasteiger partial charge in [0.1, 0.15) is 0 Å². The normalized spacial score (nSPS) is 17.4. The Hall–Kier alpha value is -4.26. The second-order valence-corrected chi connectivity index (χ2v) is 11.0. The maximum absolute atomic E-state index is 14.0. The largest absolute Gasteiger partial charge is 0.351 e. The Morgan fingerprint density at radius 3 is 2.26 bits per heavy atom. The zero-order chi connectivity index (χ0) is 29.1. The van der Waals surface area contributed by atoms with Crippen LogP contribution in [0.25, 0.3) is 6.08 Å². The molecule has 0 saturated carbocycles. The molecule has 5 rings (SSSR count). The molecule has 0 unspecified atom stereocenters. The quantitative estimate of drug-likeness (QED) is 0.244. The second-order valence-electron chi connectivity index (χ2n) is 10.5. The van der Waals surface area contributed by atoms with Crippen LogP contribution in [0.3, 0.4) is 0 Å². The predicted octanol–water partition coefficient (Wildman–Crippen LogP) is 5.50. The lowest BCUT2D eigenvalue weighted by Gasteiger charge is -2.29. The number of pyridine rings is 1. The third-order valence-electron chi connectivity index (χ3n) is 7.56. The lowest BCUT2D eigenvalue weighted by Crippen LogP contribution is -2.50. The molecule has 3 aromatic carbocycles. The van der Waals surface area contributed by atoms with Gasteiger partial charge in [0.15, 0.2) is 0 Å². The van der Waals surface area contributed by atoms with Crippen molar-refractivity contribution in [1.82, 2.24) is 20.5 Å². The molecule has 214 valence electrons. The van der Waals surface area contributed by atoms with Crippen LogP contribution in [-0.2, 0) is 16.0 Å². The Morgan fingerprint density at radius 1 is 0.952 bits per heavy atom. The van der Waals surface area contributed by atoms with E-state index in [0.717, 1.165) is 11.3 Å². The Morgan fingerprint density at radius 2 is 1.62 bits per heavy atom. The monoisotopic (exact) mass is 578 g/mol. The highest BCUT2D eigenvalue weighted by Crippen LogP contribution is 2.27. The van der Waals surface area contributed by atoms with E-state index in [1.54, 1.807) is 24.4 Å². The first-order chi connectivity index (χ1) is 20.5. The van der Waals surface area contributed by atoms with E-state index in [1.165, 1.54) is 17.2 Å². The first kappa shape index (κ1) is 29.2. The number of carbonyl (C=O) groups excluding carboxylic acids is 2. The van der Waals surface area contributed by atoms with Crippen molar-refractivity contribution in [2.75, 3.05) is 19.6 Å². The molecule has 0 aliphatic carbocycles. The first-order valence-corrected chi connectivity index (χ1v) is 14.7. The van der Waals surface area contributed by atoms with Crippen LogP contribution >= 0.6 is 11.6 Å². The van der Waals surface area contributed by atoms with Gasteiger partial charge < -0.3 is 15.5 Å². The molecular formula is C35H35ClN4O2. The molecule has 1 aliphatic rings. The third-order valence-corrected chi connectivity index (χ3v) is 7.81. The van der Waals surface area contributed by atoms with Crippen LogP contribution in [-0.4, -0.2) is 53.4 Å². The summed E-state index contributed by atoms with van der Waals surface area (Å²) in [7, 11) is 0. The molecule has 1 fully saturated rings. The number of nitrogens with one attached hydrogen (secondary N) is 2. The van der Waals surface area contributed by atoms with Gasteiger partial charge in [-0.25, -0.2) is 0 Å². The van der Waals surface area contributed by atoms with Crippen molar-refractivity contribution in [2.24, 2.45) is 0 Å². The van der Waals surface area contributed by atoms with E-state index in [4.69, 9.17) is 11.6 Å². The topological polar surface area (TPSA) is 74.3 Å². The van der Waals surface area contributed by atoms with Crippen LogP contribution in [0.2, 0.25) is 5.02 Å². The fourth-order valence-electron chi connectivity index (χ4n) is 5.32. The van der Waals surface area contributed by atoms with E-state index in [2.05, 4.69) is 39.9 Å². The number of hydrogen-bond acceptors (Lipinski definition) is 4. The molecule has 6 nitrogen and oxygen atoms in total. The Bertz CT molecular complexity index is 1420. The molecule has 1 aliphatic heterocycles. The fourth-order valence-corrected chi connectivity index (χ4v) is 5.45. The Labute approximate surface area is 252 Å². The molecular weight excluding hydrogens is 544 g/mol. The summed E-state index contributed by atoms with van der Waals surface area (Å²) >= 11 is 5.96. The minimum atomic E-state index is -0.457. The summed E-state index contributed by atoms with van der Waals surface area (Å²) in [5, 5.41) is 7.21. The van der Waals surface area contributed by atoms with Gasteiger partial charge in [-0.15, -0.1) is 0 Å². The molecule has 42 heavy (non-hydrogen) atoms. The zero-order valence-corrected chi connectivity index (χ0v) is 24.2. The fraction of sp³-hybridized carbons (Fsp3) is 0.229. The zero-order valence-electron chi connectivity index (χ0n) is 23.4. The van der Waals surface area contributed by atoms with Gasteiger partial charge in [0, 0.05) is 61.0 Å². The van der Waals surface area contributed by atoms with Crippen LogP contribution in [0.5, 0.6) is 0 Å². The van der Waals surface area contributed by atoms with Gasteiger partial charge in [-0.2, -0.15) is 0 Å². The van der Waals surface area contributed by atoms with Crippen molar-refractivity contribution in [3.05, 3.63) is 143 Å². The number of amides is 2. The van der Waals surface area contributed by atoms with Crippen LogP contribution in [0.15, 0.2) is 115 Å². The van der Waals surface area contributed by atoms with E-state index >= 15 is 0 Å². The third kappa shape index (κ3) is 8.15. The van der Waals surface area contributed by atoms with Crippen molar-refractivity contribution in [3.63, 3.8) is 0 Å². The average molecular weight is 579 g/mol. The first-order valence-electron chi connectivity index (χ1n) is 14.3. The molecule has 2 atom stereocenters. The minimum absolute atomic E-state index is 0.0427. The number of halogens is 1. The smallest absolute Gasteiger partial charge is 0.244 e. The highest BCUT2D eigenvalue weighted by Gasteiger charge is 2.33. The maximum Gasteiger partial charge on any atom is 0.244 e. The van der Waals surface area contributed by atoms with Gasteiger partial charge in [-0.1, -0.05) is 90.5 Å². The molecule has 4 aromatic rings. The average Bonchev–Trinajstić information content (AvgIpc) is 3.17. The summed E-state index contributed by atoms with van der Waals surface area (Å²) in [6.07, 6.45) is 6.21. The van der Waals surface area contributed by atoms with Crippen molar-refractivity contribution >= 4 is 29.5 Å². The molecule has 0 spiro atoms. The number of aromatic nitrogens is 1. The molecule has 2 N–H and O–H groups in total. The maximum atomic E-state index is 14.0. The number of hydrogen-bond donors (Lipinski definition) is 2. The summed E-state index contributed by atoms with van der Waals surface area (Å²) in [5.41, 5.74) is 4.09. The van der Waals surface area contributed by atoms with Crippen LogP contribution in [0.4, 0.5) is 0 Å². The van der Waals surface area contributed by atoms with Gasteiger partial charge in [0.05, 0.1) is 6.04 Å². The SMILES string of the molecule is O=C(/C=C/c1ccc(Cl)cc1)NC[C@@H]1CCN(CC(c2ccccc2)c2ccccc2)C(=O)[C@H](Cc2ccccn2)N1. The summed E-state index contributed by atoms with van der Waals surface area (Å²) < 4.78 is 0.